The third-order valence-electron chi connectivity index (χ3n) is 4.09. The summed E-state index contributed by atoms with van der Waals surface area (Å²) in [5.74, 6) is 0.363. The van der Waals surface area contributed by atoms with Crippen molar-refractivity contribution in [3.63, 3.8) is 0 Å². The number of hydrogen-bond acceptors (Lipinski definition) is 3. The van der Waals surface area contributed by atoms with Gasteiger partial charge in [-0.05, 0) is 36.4 Å². The van der Waals surface area contributed by atoms with Crippen LogP contribution in [0.4, 0.5) is 11.5 Å². The average molecular weight is 405 g/mol. The number of benzene rings is 2. The third-order valence-corrected chi connectivity index (χ3v) is 4.75. The Bertz CT molecular complexity index is 971. The summed E-state index contributed by atoms with van der Waals surface area (Å²) in [4.78, 5) is 18.9. The van der Waals surface area contributed by atoms with Crippen LogP contribution in [0.5, 0.6) is 0 Å². The molecule has 1 atom stereocenters. The smallest absolute Gasteiger partial charge is 0.261 e. The Morgan fingerprint density at radius 1 is 0.923 bits per heavy atom. The summed E-state index contributed by atoms with van der Waals surface area (Å²) in [5.41, 5.74) is 2.18. The van der Waals surface area contributed by atoms with E-state index >= 15 is 0 Å². The molecule has 1 aliphatic rings. The molecule has 0 spiro atoms. The van der Waals surface area contributed by atoms with Crippen molar-refractivity contribution < 1.29 is 4.79 Å². The van der Waals surface area contributed by atoms with E-state index in [0.29, 0.717) is 32.1 Å². The first-order chi connectivity index (χ1) is 12.5. The first kappa shape index (κ1) is 17.2. The van der Waals surface area contributed by atoms with Crippen LogP contribution in [0.1, 0.15) is 22.1 Å². The maximum Gasteiger partial charge on any atom is 0.261 e. The maximum atomic E-state index is 13.0. The molecule has 4 rings (SSSR count). The van der Waals surface area contributed by atoms with Gasteiger partial charge in [0.2, 0.25) is 0 Å². The second-order valence-electron chi connectivity index (χ2n) is 5.80. The number of halogens is 3. The van der Waals surface area contributed by atoms with Crippen molar-refractivity contribution in [2.24, 2.45) is 0 Å². The fourth-order valence-corrected chi connectivity index (χ4v) is 3.64. The molecule has 0 saturated carbocycles. The van der Waals surface area contributed by atoms with Crippen LogP contribution in [0, 0.1) is 0 Å². The van der Waals surface area contributed by atoms with Gasteiger partial charge < -0.3 is 5.32 Å². The molecule has 4 nitrogen and oxygen atoms in total. The number of anilines is 2. The largest absolute Gasteiger partial charge is 0.361 e. The molecule has 7 heteroatoms. The molecule has 0 aliphatic carbocycles. The van der Waals surface area contributed by atoms with E-state index in [1.165, 1.54) is 6.20 Å². The highest BCUT2D eigenvalue weighted by atomic mass is 35.5. The number of aromatic nitrogens is 1. The number of hydrogen-bond donors (Lipinski definition) is 1. The second-order valence-corrected chi connectivity index (χ2v) is 7.11. The van der Waals surface area contributed by atoms with E-state index in [2.05, 4.69) is 10.3 Å². The molecule has 2 aromatic carbocycles. The van der Waals surface area contributed by atoms with Crippen LogP contribution in [0.2, 0.25) is 15.1 Å². The normalized spacial score (nSPS) is 15.9. The van der Waals surface area contributed by atoms with E-state index in [-0.39, 0.29) is 5.91 Å². The Labute approximate surface area is 165 Å². The Balaban J connectivity index is 1.79. The Hall–Kier alpha value is -2.27. The molecular weight excluding hydrogens is 393 g/mol. The molecule has 1 amide bonds. The van der Waals surface area contributed by atoms with Gasteiger partial charge in [-0.25, -0.2) is 4.98 Å². The molecule has 2 heterocycles. The van der Waals surface area contributed by atoms with Gasteiger partial charge in [0.05, 0.1) is 5.02 Å². The molecule has 1 aliphatic heterocycles. The van der Waals surface area contributed by atoms with Crippen LogP contribution in [0.15, 0.2) is 60.8 Å². The number of pyridine rings is 1. The van der Waals surface area contributed by atoms with Gasteiger partial charge in [0, 0.05) is 33.1 Å². The quantitative estimate of drug-likeness (QED) is 0.599. The number of carbonyl (C=O) groups excluding carboxylic acids is 1. The lowest BCUT2D eigenvalue weighted by Gasteiger charge is -2.26. The van der Waals surface area contributed by atoms with E-state index in [0.717, 1.165) is 5.56 Å². The molecule has 0 unspecified atom stereocenters. The van der Waals surface area contributed by atoms with Crippen LogP contribution < -0.4 is 10.2 Å². The lowest BCUT2D eigenvalue weighted by atomic mass is 10.1. The van der Waals surface area contributed by atoms with Gasteiger partial charge >= 0.3 is 0 Å². The summed E-state index contributed by atoms with van der Waals surface area (Å²) < 4.78 is 0. The molecule has 0 radical (unpaired) electrons. The molecular formula is C19H12Cl3N3O. The predicted molar refractivity (Wildman–Crippen MR) is 105 cm³/mol. The van der Waals surface area contributed by atoms with Crippen molar-refractivity contribution in [2.45, 2.75) is 6.17 Å². The van der Waals surface area contributed by atoms with Gasteiger partial charge in [0.15, 0.2) is 0 Å². The highest BCUT2D eigenvalue weighted by Gasteiger charge is 2.38. The van der Waals surface area contributed by atoms with E-state index in [4.69, 9.17) is 34.8 Å². The van der Waals surface area contributed by atoms with Crippen LogP contribution in [0.3, 0.4) is 0 Å². The number of nitrogens with zero attached hydrogens (tertiary/aromatic N) is 2. The van der Waals surface area contributed by atoms with E-state index in [1.807, 2.05) is 18.2 Å². The van der Waals surface area contributed by atoms with Gasteiger partial charge in [0.25, 0.3) is 5.91 Å². The minimum absolute atomic E-state index is 0.138. The average Bonchev–Trinajstić information content (AvgIpc) is 2.88. The van der Waals surface area contributed by atoms with Crippen molar-refractivity contribution in [1.29, 1.82) is 0 Å². The minimum atomic E-state index is -0.443. The SMILES string of the molecule is O=C1c2ccccc2[C@H](Nc2cc(Cl)cc(Cl)c2)N1c1ccc(Cl)cn1. The summed E-state index contributed by atoms with van der Waals surface area (Å²) >= 11 is 18.1. The molecule has 0 bridgehead atoms. The molecule has 0 saturated heterocycles. The van der Waals surface area contributed by atoms with Gasteiger partial charge in [-0.2, -0.15) is 0 Å². The van der Waals surface area contributed by atoms with Gasteiger partial charge in [-0.3, -0.25) is 9.69 Å². The summed E-state index contributed by atoms with van der Waals surface area (Å²) in [6, 6.07) is 16.0. The lowest BCUT2D eigenvalue weighted by molar-refractivity contribution is 0.0992. The van der Waals surface area contributed by atoms with Crippen molar-refractivity contribution in [3.05, 3.63) is 87.0 Å². The molecule has 130 valence electrons. The molecule has 1 aromatic heterocycles. The summed E-state index contributed by atoms with van der Waals surface area (Å²) in [5, 5.41) is 4.86. The number of amides is 1. The monoisotopic (exact) mass is 403 g/mol. The lowest BCUT2D eigenvalue weighted by Crippen LogP contribution is -2.32. The van der Waals surface area contributed by atoms with E-state index in [1.54, 1.807) is 41.3 Å². The Morgan fingerprint density at radius 3 is 2.35 bits per heavy atom. The van der Waals surface area contributed by atoms with E-state index < -0.39 is 6.17 Å². The van der Waals surface area contributed by atoms with Crippen LogP contribution >= 0.6 is 34.8 Å². The Kier molecular flexibility index (Phi) is 4.49. The predicted octanol–water partition coefficient (Wildman–Crippen LogP) is 5.81. The van der Waals surface area contributed by atoms with Gasteiger partial charge in [-0.1, -0.05) is 53.0 Å². The van der Waals surface area contributed by atoms with Crippen LogP contribution in [-0.4, -0.2) is 10.9 Å². The van der Waals surface area contributed by atoms with Crippen molar-refractivity contribution in [3.8, 4) is 0 Å². The zero-order chi connectivity index (χ0) is 18.3. The standard InChI is InChI=1S/C19H12Cl3N3O/c20-11-5-6-17(23-10-11)25-18(15-3-1-2-4-16(15)19(25)26)24-14-8-12(21)7-13(22)9-14/h1-10,18,24H/t18-/m1/s1. The van der Waals surface area contributed by atoms with Crippen molar-refractivity contribution >= 4 is 52.2 Å². The third kappa shape index (κ3) is 3.12. The number of rotatable bonds is 3. The maximum absolute atomic E-state index is 13.0. The molecule has 1 N–H and O–H groups in total. The highest BCUT2D eigenvalue weighted by Crippen LogP contribution is 2.38. The van der Waals surface area contributed by atoms with Gasteiger partial charge in [0.1, 0.15) is 12.0 Å². The molecule has 26 heavy (non-hydrogen) atoms. The van der Waals surface area contributed by atoms with Crippen molar-refractivity contribution in [2.75, 3.05) is 10.2 Å². The zero-order valence-corrected chi connectivity index (χ0v) is 15.6. The number of fused-ring (bicyclic) bond motifs is 1. The fraction of sp³-hybridized carbons (Fsp3) is 0.0526. The highest BCUT2D eigenvalue weighted by molar-refractivity contribution is 6.35. The topological polar surface area (TPSA) is 45.2 Å². The summed E-state index contributed by atoms with van der Waals surface area (Å²) in [6.07, 6.45) is 1.07. The fourth-order valence-electron chi connectivity index (χ4n) is 3.00. The first-order valence-electron chi connectivity index (χ1n) is 7.79. The van der Waals surface area contributed by atoms with Crippen LogP contribution in [0.25, 0.3) is 0 Å². The minimum Gasteiger partial charge on any atom is -0.361 e. The zero-order valence-electron chi connectivity index (χ0n) is 13.3. The van der Waals surface area contributed by atoms with Crippen LogP contribution in [-0.2, 0) is 0 Å². The van der Waals surface area contributed by atoms with E-state index in [9.17, 15) is 4.79 Å². The van der Waals surface area contributed by atoms with Gasteiger partial charge in [-0.15, -0.1) is 0 Å². The first-order valence-corrected chi connectivity index (χ1v) is 8.93. The molecule has 3 aromatic rings. The number of carbonyl (C=O) groups is 1. The summed E-state index contributed by atoms with van der Waals surface area (Å²) in [6.45, 7) is 0. The Morgan fingerprint density at radius 2 is 1.65 bits per heavy atom. The van der Waals surface area contributed by atoms with Crippen molar-refractivity contribution in [1.82, 2.24) is 4.98 Å². The second kappa shape index (κ2) is 6.80. The number of nitrogens with one attached hydrogen (secondary N) is 1. The summed E-state index contributed by atoms with van der Waals surface area (Å²) in [7, 11) is 0. The molecule has 0 fully saturated rings.